The summed E-state index contributed by atoms with van der Waals surface area (Å²) in [6.45, 7) is 8.81. The van der Waals surface area contributed by atoms with Gasteiger partial charge in [-0.3, -0.25) is 0 Å². The van der Waals surface area contributed by atoms with E-state index in [0.717, 1.165) is 0 Å². The van der Waals surface area contributed by atoms with E-state index in [1.807, 2.05) is 0 Å². The molecule has 0 saturated carbocycles. The maximum absolute atomic E-state index is 2.34. The molecule has 0 spiro atoms. The highest BCUT2D eigenvalue weighted by atomic mass is 14.1. The van der Waals surface area contributed by atoms with Crippen LogP contribution in [0.4, 0.5) is 0 Å². The fraction of sp³-hybridized carbons (Fsp3) is 0.182. The smallest absolute Gasteiger partial charge is 0.00791 e. The minimum absolute atomic E-state index is 1.27. The second-order valence-corrected chi connectivity index (χ2v) is 6.19. The normalized spacial score (nSPS) is 10.7. The third-order valence-electron chi connectivity index (χ3n) is 4.45. The molecule has 0 amide bonds. The van der Waals surface area contributed by atoms with Gasteiger partial charge >= 0.3 is 0 Å². The van der Waals surface area contributed by atoms with E-state index in [4.69, 9.17) is 0 Å². The molecule has 110 valence electrons. The van der Waals surface area contributed by atoms with Gasteiger partial charge in [-0.1, -0.05) is 54.1 Å². The van der Waals surface area contributed by atoms with Gasteiger partial charge in [0.2, 0.25) is 0 Å². The van der Waals surface area contributed by atoms with Crippen LogP contribution >= 0.6 is 0 Å². The Hall–Kier alpha value is -2.34. The molecular weight excluding hydrogens is 264 g/mol. The van der Waals surface area contributed by atoms with E-state index in [-0.39, 0.29) is 0 Å². The molecule has 3 rings (SSSR count). The third-order valence-corrected chi connectivity index (χ3v) is 4.45. The third kappa shape index (κ3) is 2.57. The molecule has 0 bridgehead atoms. The standard InChI is InChI=1S/C22H22/c1-15(2)17(4)21-14-20(18-10-6-5-7-11-18)13-19-12-8-9-16(3)22(19)21/h5-14H,1-4H3. The van der Waals surface area contributed by atoms with Gasteiger partial charge in [-0.05, 0) is 78.4 Å². The molecule has 0 saturated heterocycles. The van der Waals surface area contributed by atoms with Crippen LogP contribution in [0, 0.1) is 6.92 Å². The molecule has 22 heavy (non-hydrogen) atoms. The summed E-state index contributed by atoms with van der Waals surface area (Å²) < 4.78 is 0. The van der Waals surface area contributed by atoms with Crippen LogP contribution in [-0.4, -0.2) is 0 Å². The molecule has 0 atom stereocenters. The summed E-state index contributed by atoms with van der Waals surface area (Å²) in [7, 11) is 0. The van der Waals surface area contributed by atoms with Gasteiger partial charge in [0.05, 0.1) is 0 Å². The van der Waals surface area contributed by atoms with Crippen LogP contribution in [0.3, 0.4) is 0 Å². The zero-order valence-electron chi connectivity index (χ0n) is 13.8. The first kappa shape index (κ1) is 14.6. The molecular formula is C22H22. The van der Waals surface area contributed by atoms with Gasteiger partial charge < -0.3 is 0 Å². The van der Waals surface area contributed by atoms with Crippen molar-refractivity contribution in [1.82, 2.24) is 0 Å². The van der Waals surface area contributed by atoms with Crippen LogP contribution in [0.1, 0.15) is 31.9 Å². The molecule has 0 heteroatoms. The number of benzene rings is 3. The number of hydrogen-bond acceptors (Lipinski definition) is 0. The summed E-state index contributed by atoms with van der Waals surface area (Å²) >= 11 is 0. The molecule has 3 aromatic rings. The molecule has 0 fully saturated rings. The highest BCUT2D eigenvalue weighted by Gasteiger charge is 2.10. The molecule has 0 N–H and O–H groups in total. The van der Waals surface area contributed by atoms with Crippen molar-refractivity contribution in [3.8, 4) is 11.1 Å². The van der Waals surface area contributed by atoms with Crippen molar-refractivity contribution in [3.05, 3.63) is 77.4 Å². The number of aryl methyl sites for hydroxylation is 1. The second-order valence-electron chi connectivity index (χ2n) is 6.19. The van der Waals surface area contributed by atoms with Crippen LogP contribution in [0.5, 0.6) is 0 Å². The van der Waals surface area contributed by atoms with Crippen molar-refractivity contribution in [2.75, 3.05) is 0 Å². The molecule has 0 heterocycles. The Balaban J connectivity index is 2.38. The van der Waals surface area contributed by atoms with E-state index in [2.05, 4.69) is 88.4 Å². The Morgan fingerprint density at radius 3 is 2.14 bits per heavy atom. The van der Waals surface area contributed by atoms with Crippen molar-refractivity contribution in [2.45, 2.75) is 27.7 Å². The van der Waals surface area contributed by atoms with Crippen molar-refractivity contribution in [1.29, 1.82) is 0 Å². The minimum Gasteiger partial charge on any atom is -0.0729 e. The Morgan fingerprint density at radius 1 is 0.727 bits per heavy atom. The molecule has 0 aliphatic rings. The lowest BCUT2D eigenvalue weighted by atomic mass is 9.90. The predicted octanol–water partition coefficient (Wildman–Crippen LogP) is 6.63. The molecule has 0 unspecified atom stereocenters. The molecule has 0 radical (unpaired) electrons. The van der Waals surface area contributed by atoms with Crippen LogP contribution in [0.25, 0.3) is 27.5 Å². The number of hydrogen-bond donors (Lipinski definition) is 0. The maximum atomic E-state index is 2.34. The Kier molecular flexibility index (Phi) is 3.85. The van der Waals surface area contributed by atoms with E-state index >= 15 is 0 Å². The van der Waals surface area contributed by atoms with Gasteiger partial charge in [0.25, 0.3) is 0 Å². The predicted molar refractivity (Wildman–Crippen MR) is 98.1 cm³/mol. The zero-order valence-corrected chi connectivity index (χ0v) is 13.8. The number of fused-ring (bicyclic) bond motifs is 1. The summed E-state index contributed by atoms with van der Waals surface area (Å²) in [5.41, 5.74) is 8.00. The number of allylic oxidation sites excluding steroid dienone is 2. The lowest BCUT2D eigenvalue weighted by Gasteiger charge is -2.14. The molecule has 3 aromatic carbocycles. The Labute approximate surface area is 133 Å². The fourth-order valence-electron chi connectivity index (χ4n) is 2.98. The van der Waals surface area contributed by atoms with Crippen molar-refractivity contribution < 1.29 is 0 Å². The largest absolute Gasteiger partial charge is 0.0729 e. The van der Waals surface area contributed by atoms with E-state index in [1.165, 1.54) is 44.2 Å². The van der Waals surface area contributed by atoms with Gasteiger partial charge in [0, 0.05) is 0 Å². The van der Waals surface area contributed by atoms with E-state index in [9.17, 15) is 0 Å². The summed E-state index contributed by atoms with van der Waals surface area (Å²) in [6.07, 6.45) is 0. The van der Waals surface area contributed by atoms with Crippen LogP contribution in [0.2, 0.25) is 0 Å². The van der Waals surface area contributed by atoms with Crippen LogP contribution in [-0.2, 0) is 0 Å². The first-order valence-corrected chi connectivity index (χ1v) is 7.81. The average Bonchev–Trinajstić information content (AvgIpc) is 2.54. The van der Waals surface area contributed by atoms with Crippen molar-refractivity contribution in [3.63, 3.8) is 0 Å². The lowest BCUT2D eigenvalue weighted by molar-refractivity contribution is 1.37. The highest BCUT2D eigenvalue weighted by molar-refractivity contribution is 5.99. The molecule has 0 nitrogen and oxygen atoms in total. The molecule has 0 aliphatic heterocycles. The fourth-order valence-corrected chi connectivity index (χ4v) is 2.98. The van der Waals surface area contributed by atoms with Gasteiger partial charge in [-0.2, -0.15) is 0 Å². The van der Waals surface area contributed by atoms with Crippen LogP contribution in [0.15, 0.2) is 66.2 Å². The van der Waals surface area contributed by atoms with E-state index < -0.39 is 0 Å². The summed E-state index contributed by atoms with van der Waals surface area (Å²) in [5.74, 6) is 0. The van der Waals surface area contributed by atoms with Crippen molar-refractivity contribution in [2.24, 2.45) is 0 Å². The van der Waals surface area contributed by atoms with Gasteiger partial charge in [-0.25, -0.2) is 0 Å². The monoisotopic (exact) mass is 286 g/mol. The minimum atomic E-state index is 1.27. The summed E-state index contributed by atoms with van der Waals surface area (Å²) in [5, 5.41) is 2.69. The quantitative estimate of drug-likeness (QED) is 0.496. The van der Waals surface area contributed by atoms with Gasteiger partial charge in [0.15, 0.2) is 0 Å². The highest BCUT2D eigenvalue weighted by Crippen LogP contribution is 2.34. The summed E-state index contributed by atoms with van der Waals surface area (Å²) in [6, 6.07) is 21.8. The first-order valence-electron chi connectivity index (χ1n) is 7.81. The Bertz CT molecular complexity index is 848. The zero-order chi connectivity index (χ0) is 15.7. The lowest BCUT2D eigenvalue weighted by Crippen LogP contribution is -1.91. The van der Waals surface area contributed by atoms with Crippen molar-refractivity contribution >= 4 is 16.3 Å². The SMILES string of the molecule is CC(C)=C(C)c1cc(-c2ccccc2)cc2cccc(C)c12. The first-order chi connectivity index (χ1) is 10.6. The van der Waals surface area contributed by atoms with Gasteiger partial charge in [0.1, 0.15) is 0 Å². The Morgan fingerprint density at radius 2 is 1.45 bits per heavy atom. The maximum Gasteiger partial charge on any atom is -0.00791 e. The second kappa shape index (κ2) is 5.81. The van der Waals surface area contributed by atoms with Crippen LogP contribution < -0.4 is 0 Å². The topological polar surface area (TPSA) is 0 Å². The average molecular weight is 286 g/mol. The number of rotatable bonds is 2. The van der Waals surface area contributed by atoms with E-state index in [0.29, 0.717) is 0 Å². The molecule has 0 aliphatic carbocycles. The summed E-state index contributed by atoms with van der Waals surface area (Å²) in [4.78, 5) is 0. The molecule has 0 aromatic heterocycles. The van der Waals surface area contributed by atoms with Gasteiger partial charge in [-0.15, -0.1) is 0 Å². The van der Waals surface area contributed by atoms with E-state index in [1.54, 1.807) is 0 Å².